The van der Waals surface area contributed by atoms with E-state index >= 15 is 0 Å². The Balaban J connectivity index is 4.52. The zero-order valence-corrected chi connectivity index (χ0v) is 8.28. The van der Waals surface area contributed by atoms with Gasteiger partial charge in [-0.05, 0) is 33.3 Å². The molecule has 0 aliphatic rings. The van der Waals surface area contributed by atoms with Gasteiger partial charge in [-0.1, -0.05) is 18.1 Å². The predicted molar refractivity (Wildman–Crippen MR) is 51.5 cm³/mol. The van der Waals surface area contributed by atoms with E-state index in [0.29, 0.717) is 0 Å². The fourth-order valence-corrected chi connectivity index (χ4v) is 0.888. The number of hydrogen-bond acceptors (Lipinski definition) is 1. The van der Waals surface area contributed by atoms with Crippen LogP contribution in [0.25, 0.3) is 0 Å². The fourth-order valence-electron chi connectivity index (χ4n) is 0.888. The van der Waals surface area contributed by atoms with Crippen molar-refractivity contribution in [1.82, 2.24) is 5.32 Å². The van der Waals surface area contributed by atoms with Crippen molar-refractivity contribution in [3.63, 3.8) is 0 Å². The molecular weight excluding hydrogens is 134 g/mol. The van der Waals surface area contributed by atoms with Crippen molar-refractivity contribution in [2.24, 2.45) is 0 Å². The summed E-state index contributed by atoms with van der Waals surface area (Å²) < 4.78 is 0. The smallest absolute Gasteiger partial charge is 0.0325 e. The first kappa shape index (κ1) is 10.3. The SMILES string of the molecule is CC/C(C)=C(\C=C(C)C)NC. The molecule has 64 valence electrons. The summed E-state index contributed by atoms with van der Waals surface area (Å²) in [5, 5.41) is 3.19. The Hall–Kier alpha value is -0.720. The first-order chi connectivity index (χ1) is 5.11. The van der Waals surface area contributed by atoms with Crippen LogP contribution >= 0.6 is 0 Å². The van der Waals surface area contributed by atoms with Gasteiger partial charge in [-0.2, -0.15) is 0 Å². The molecule has 0 rings (SSSR count). The van der Waals surface area contributed by atoms with Crippen molar-refractivity contribution >= 4 is 0 Å². The third-order valence-electron chi connectivity index (χ3n) is 1.69. The largest absolute Gasteiger partial charge is 0.388 e. The maximum Gasteiger partial charge on any atom is 0.0325 e. The van der Waals surface area contributed by atoms with Crippen molar-refractivity contribution < 1.29 is 0 Å². The summed E-state index contributed by atoms with van der Waals surface area (Å²) >= 11 is 0. The number of likely N-dealkylation sites (N-methyl/N-ethyl adjacent to an activating group) is 1. The molecule has 0 unspecified atom stereocenters. The maximum atomic E-state index is 3.19. The average molecular weight is 153 g/mol. The van der Waals surface area contributed by atoms with E-state index < -0.39 is 0 Å². The highest BCUT2D eigenvalue weighted by Crippen LogP contribution is 2.07. The minimum atomic E-state index is 1.11. The second-order valence-corrected chi connectivity index (χ2v) is 3.02. The molecule has 0 aromatic heterocycles. The van der Waals surface area contributed by atoms with Gasteiger partial charge in [-0.3, -0.25) is 0 Å². The highest BCUT2D eigenvalue weighted by molar-refractivity contribution is 5.24. The molecule has 0 amide bonds. The van der Waals surface area contributed by atoms with Gasteiger partial charge in [-0.25, -0.2) is 0 Å². The van der Waals surface area contributed by atoms with E-state index in [9.17, 15) is 0 Å². The summed E-state index contributed by atoms with van der Waals surface area (Å²) in [5.41, 5.74) is 4.00. The third-order valence-corrected chi connectivity index (χ3v) is 1.69. The summed E-state index contributed by atoms with van der Waals surface area (Å²) in [4.78, 5) is 0. The lowest BCUT2D eigenvalue weighted by atomic mass is 10.1. The second-order valence-electron chi connectivity index (χ2n) is 3.02. The highest BCUT2D eigenvalue weighted by atomic mass is 14.8. The lowest BCUT2D eigenvalue weighted by Crippen LogP contribution is -2.05. The van der Waals surface area contributed by atoms with Crippen LogP contribution in [0.4, 0.5) is 0 Å². The minimum Gasteiger partial charge on any atom is -0.388 e. The monoisotopic (exact) mass is 153 g/mol. The van der Waals surface area contributed by atoms with Crippen LogP contribution in [0, 0.1) is 0 Å². The van der Waals surface area contributed by atoms with Gasteiger partial charge in [0.25, 0.3) is 0 Å². The zero-order valence-electron chi connectivity index (χ0n) is 8.28. The average Bonchev–Trinajstić information content (AvgIpc) is 1.98. The van der Waals surface area contributed by atoms with E-state index in [0.717, 1.165) is 6.42 Å². The Bertz CT molecular complexity index is 171. The molecule has 0 radical (unpaired) electrons. The van der Waals surface area contributed by atoms with Crippen LogP contribution < -0.4 is 5.32 Å². The van der Waals surface area contributed by atoms with E-state index in [1.165, 1.54) is 16.8 Å². The molecule has 1 N–H and O–H groups in total. The van der Waals surface area contributed by atoms with E-state index in [1.54, 1.807) is 0 Å². The molecule has 0 aromatic carbocycles. The van der Waals surface area contributed by atoms with Gasteiger partial charge in [0.15, 0.2) is 0 Å². The van der Waals surface area contributed by atoms with Crippen molar-refractivity contribution in [2.75, 3.05) is 7.05 Å². The van der Waals surface area contributed by atoms with Gasteiger partial charge in [0.05, 0.1) is 0 Å². The van der Waals surface area contributed by atoms with Gasteiger partial charge in [-0.15, -0.1) is 0 Å². The lowest BCUT2D eigenvalue weighted by molar-refractivity contribution is 0.950. The van der Waals surface area contributed by atoms with E-state index in [-0.39, 0.29) is 0 Å². The van der Waals surface area contributed by atoms with Gasteiger partial charge in [0, 0.05) is 12.7 Å². The highest BCUT2D eigenvalue weighted by Gasteiger charge is 1.93. The molecule has 0 aliphatic carbocycles. The Morgan fingerprint density at radius 3 is 2.09 bits per heavy atom. The maximum absolute atomic E-state index is 3.19. The van der Waals surface area contributed by atoms with Crippen LogP contribution in [0.2, 0.25) is 0 Å². The van der Waals surface area contributed by atoms with Crippen LogP contribution in [0.15, 0.2) is 22.9 Å². The summed E-state index contributed by atoms with van der Waals surface area (Å²) in [6.45, 7) is 8.55. The molecular formula is C10H19N. The Labute approximate surface area is 70.2 Å². The van der Waals surface area contributed by atoms with Crippen LogP contribution in [-0.2, 0) is 0 Å². The van der Waals surface area contributed by atoms with Crippen molar-refractivity contribution in [3.05, 3.63) is 22.9 Å². The Morgan fingerprint density at radius 2 is 1.82 bits per heavy atom. The van der Waals surface area contributed by atoms with Gasteiger partial charge in [0.2, 0.25) is 0 Å². The van der Waals surface area contributed by atoms with Crippen LogP contribution in [-0.4, -0.2) is 7.05 Å². The first-order valence-corrected chi connectivity index (χ1v) is 4.14. The van der Waals surface area contributed by atoms with Gasteiger partial charge >= 0.3 is 0 Å². The Kier molecular flexibility index (Phi) is 4.67. The molecule has 1 nitrogen and oxygen atoms in total. The third kappa shape index (κ3) is 3.87. The quantitative estimate of drug-likeness (QED) is 0.615. The lowest BCUT2D eigenvalue weighted by Gasteiger charge is -2.06. The molecule has 0 fully saturated rings. The topological polar surface area (TPSA) is 12.0 Å². The molecule has 0 saturated carbocycles. The van der Waals surface area contributed by atoms with Gasteiger partial charge in [0.1, 0.15) is 0 Å². The van der Waals surface area contributed by atoms with E-state index in [2.05, 4.69) is 39.1 Å². The van der Waals surface area contributed by atoms with Crippen LogP contribution in [0.3, 0.4) is 0 Å². The molecule has 0 aliphatic heterocycles. The van der Waals surface area contributed by atoms with Crippen LogP contribution in [0.5, 0.6) is 0 Å². The molecule has 11 heavy (non-hydrogen) atoms. The normalized spacial score (nSPS) is 12.1. The van der Waals surface area contributed by atoms with Crippen molar-refractivity contribution in [1.29, 1.82) is 0 Å². The fraction of sp³-hybridized carbons (Fsp3) is 0.600. The molecule has 0 heterocycles. The van der Waals surface area contributed by atoms with Crippen LogP contribution in [0.1, 0.15) is 34.1 Å². The molecule has 0 spiro atoms. The standard InChI is InChI=1S/C10H19N/c1-6-9(4)10(11-5)7-8(2)3/h7,11H,6H2,1-5H3/b10-9+. The summed E-state index contributed by atoms with van der Waals surface area (Å²) in [5.74, 6) is 0. The molecule has 1 heteroatoms. The number of allylic oxidation sites excluding steroid dienone is 3. The molecule has 0 aromatic rings. The number of nitrogens with one attached hydrogen (secondary N) is 1. The summed E-state index contributed by atoms with van der Waals surface area (Å²) in [6.07, 6.45) is 3.29. The number of hydrogen-bond donors (Lipinski definition) is 1. The molecule has 0 atom stereocenters. The second kappa shape index (κ2) is 5.00. The van der Waals surface area contributed by atoms with Gasteiger partial charge < -0.3 is 5.32 Å². The van der Waals surface area contributed by atoms with E-state index in [4.69, 9.17) is 0 Å². The first-order valence-electron chi connectivity index (χ1n) is 4.14. The zero-order chi connectivity index (χ0) is 8.85. The van der Waals surface area contributed by atoms with E-state index in [1.807, 2.05) is 7.05 Å². The summed E-state index contributed by atoms with van der Waals surface area (Å²) in [7, 11) is 1.97. The Morgan fingerprint density at radius 1 is 1.27 bits per heavy atom. The molecule has 0 saturated heterocycles. The number of rotatable bonds is 3. The molecule has 0 bridgehead atoms. The predicted octanol–water partition coefficient (Wildman–Crippen LogP) is 2.86. The van der Waals surface area contributed by atoms with Crippen molar-refractivity contribution in [2.45, 2.75) is 34.1 Å². The van der Waals surface area contributed by atoms with Crippen molar-refractivity contribution in [3.8, 4) is 0 Å². The summed E-state index contributed by atoms with van der Waals surface area (Å²) in [6, 6.07) is 0. The minimum absolute atomic E-state index is 1.11.